The van der Waals surface area contributed by atoms with E-state index in [0.29, 0.717) is 6.42 Å². The molecule has 1 aliphatic rings. The van der Waals surface area contributed by atoms with Gasteiger partial charge in [0.05, 0.1) is 12.0 Å². The zero-order chi connectivity index (χ0) is 20.2. The van der Waals surface area contributed by atoms with Crippen LogP contribution in [0.3, 0.4) is 0 Å². The van der Waals surface area contributed by atoms with E-state index < -0.39 is 47.4 Å². The quantitative estimate of drug-likeness (QED) is 0.642. The van der Waals surface area contributed by atoms with Gasteiger partial charge in [0.2, 0.25) is 11.8 Å². The van der Waals surface area contributed by atoms with E-state index in [-0.39, 0.29) is 30.7 Å². The molecule has 0 radical (unpaired) electrons. The molecular formula is C19H24F2N2O4. The van der Waals surface area contributed by atoms with E-state index in [1.165, 1.54) is 6.07 Å². The minimum Gasteiger partial charge on any atom is -0.480 e. The van der Waals surface area contributed by atoms with Gasteiger partial charge in [0, 0.05) is 5.56 Å². The molecule has 0 heterocycles. The molecule has 1 atom stereocenters. The molecule has 1 saturated carbocycles. The standard InChI is InChI=1S/C19H24F2N2O4/c1-11(2)9-14(17(25)26)23-15(24)10-22-18(27)19(7-4-8-19)16-12(20)5-3-6-13(16)21/h3,5-6,11,14H,4,7-10H2,1-2H3,(H,22,27)(H,23,24)(H,25,26)/t14-/m0/s1. The van der Waals surface area contributed by atoms with Crippen LogP contribution in [0.15, 0.2) is 18.2 Å². The summed E-state index contributed by atoms with van der Waals surface area (Å²) < 4.78 is 28.3. The zero-order valence-electron chi connectivity index (χ0n) is 15.4. The average Bonchev–Trinajstić information content (AvgIpc) is 2.53. The van der Waals surface area contributed by atoms with Gasteiger partial charge in [0.1, 0.15) is 17.7 Å². The van der Waals surface area contributed by atoms with Crippen molar-refractivity contribution in [3.63, 3.8) is 0 Å². The van der Waals surface area contributed by atoms with Gasteiger partial charge in [0.15, 0.2) is 0 Å². The van der Waals surface area contributed by atoms with Gasteiger partial charge in [-0.25, -0.2) is 13.6 Å². The normalized spacial score (nSPS) is 16.3. The number of rotatable bonds is 8. The summed E-state index contributed by atoms with van der Waals surface area (Å²) in [4.78, 5) is 35.8. The number of carbonyl (C=O) groups is 3. The summed E-state index contributed by atoms with van der Waals surface area (Å²) in [6.07, 6.45) is 1.45. The molecule has 1 aromatic rings. The van der Waals surface area contributed by atoms with Crippen molar-refractivity contribution in [2.75, 3.05) is 6.54 Å². The van der Waals surface area contributed by atoms with Crippen molar-refractivity contribution < 1.29 is 28.3 Å². The third kappa shape index (κ3) is 4.61. The Morgan fingerprint density at radius 3 is 2.22 bits per heavy atom. The summed E-state index contributed by atoms with van der Waals surface area (Å²) in [6.45, 7) is 3.19. The van der Waals surface area contributed by atoms with Crippen LogP contribution in [0.25, 0.3) is 0 Å². The summed E-state index contributed by atoms with van der Waals surface area (Å²) in [5.41, 5.74) is -1.61. The monoisotopic (exact) mass is 382 g/mol. The van der Waals surface area contributed by atoms with Crippen LogP contribution in [-0.2, 0) is 19.8 Å². The lowest BCUT2D eigenvalue weighted by molar-refractivity contribution is -0.142. The van der Waals surface area contributed by atoms with E-state index in [2.05, 4.69) is 10.6 Å². The average molecular weight is 382 g/mol. The maximum absolute atomic E-state index is 14.1. The highest BCUT2D eigenvalue weighted by atomic mass is 19.1. The first kappa shape index (κ1) is 20.8. The molecule has 2 amide bonds. The van der Waals surface area contributed by atoms with Gasteiger partial charge in [-0.2, -0.15) is 0 Å². The highest BCUT2D eigenvalue weighted by Crippen LogP contribution is 2.45. The predicted octanol–water partition coefficient (Wildman–Crippen LogP) is 2.12. The molecule has 1 fully saturated rings. The van der Waals surface area contributed by atoms with Gasteiger partial charge in [-0.1, -0.05) is 26.3 Å². The summed E-state index contributed by atoms with van der Waals surface area (Å²) in [5, 5.41) is 13.9. The summed E-state index contributed by atoms with van der Waals surface area (Å²) in [7, 11) is 0. The zero-order valence-corrected chi connectivity index (χ0v) is 15.4. The van der Waals surface area contributed by atoms with Gasteiger partial charge >= 0.3 is 5.97 Å². The van der Waals surface area contributed by atoms with Crippen molar-refractivity contribution in [2.24, 2.45) is 5.92 Å². The second-order valence-corrected chi connectivity index (χ2v) is 7.30. The van der Waals surface area contributed by atoms with Crippen molar-refractivity contribution in [2.45, 2.75) is 51.0 Å². The Labute approximate surface area is 156 Å². The van der Waals surface area contributed by atoms with E-state index in [4.69, 9.17) is 5.11 Å². The smallest absolute Gasteiger partial charge is 0.326 e. The molecule has 1 aliphatic carbocycles. The van der Waals surface area contributed by atoms with Crippen molar-refractivity contribution in [3.8, 4) is 0 Å². The first-order valence-electron chi connectivity index (χ1n) is 8.92. The lowest BCUT2D eigenvalue weighted by Gasteiger charge is -2.40. The Balaban J connectivity index is 2.03. The molecule has 1 aromatic carbocycles. The number of hydrogen-bond donors (Lipinski definition) is 3. The van der Waals surface area contributed by atoms with E-state index in [0.717, 1.165) is 12.1 Å². The molecule has 0 aromatic heterocycles. The Morgan fingerprint density at radius 1 is 1.19 bits per heavy atom. The minimum absolute atomic E-state index is 0.0586. The van der Waals surface area contributed by atoms with E-state index >= 15 is 0 Å². The molecule has 148 valence electrons. The molecule has 6 nitrogen and oxygen atoms in total. The van der Waals surface area contributed by atoms with Gasteiger partial charge in [-0.05, 0) is 37.3 Å². The molecule has 2 rings (SSSR count). The number of aliphatic carboxylic acids is 1. The maximum atomic E-state index is 14.1. The Bertz CT molecular complexity index is 712. The second-order valence-electron chi connectivity index (χ2n) is 7.30. The third-order valence-corrected chi connectivity index (χ3v) is 4.83. The summed E-state index contributed by atoms with van der Waals surface area (Å²) >= 11 is 0. The molecule has 0 aliphatic heterocycles. The highest BCUT2D eigenvalue weighted by molar-refractivity contribution is 5.93. The van der Waals surface area contributed by atoms with Crippen molar-refractivity contribution in [1.82, 2.24) is 10.6 Å². The van der Waals surface area contributed by atoms with Crippen molar-refractivity contribution in [3.05, 3.63) is 35.4 Å². The van der Waals surface area contributed by atoms with Crippen LogP contribution in [-0.4, -0.2) is 35.5 Å². The predicted molar refractivity (Wildman–Crippen MR) is 93.9 cm³/mol. The number of benzene rings is 1. The fraction of sp³-hybridized carbons (Fsp3) is 0.526. The molecule has 8 heteroatoms. The largest absolute Gasteiger partial charge is 0.480 e. The van der Waals surface area contributed by atoms with Crippen molar-refractivity contribution >= 4 is 17.8 Å². The minimum atomic E-state index is -1.33. The molecule has 3 N–H and O–H groups in total. The third-order valence-electron chi connectivity index (χ3n) is 4.83. The van der Waals surface area contributed by atoms with Crippen LogP contribution in [0.2, 0.25) is 0 Å². The van der Waals surface area contributed by atoms with Crippen LogP contribution < -0.4 is 10.6 Å². The van der Waals surface area contributed by atoms with Crippen LogP contribution >= 0.6 is 0 Å². The Morgan fingerprint density at radius 2 is 1.78 bits per heavy atom. The first-order chi connectivity index (χ1) is 12.7. The SMILES string of the molecule is CC(C)C[C@H](NC(=O)CNC(=O)C1(c2c(F)cccc2F)CCC1)C(=O)O. The number of carbonyl (C=O) groups excluding carboxylic acids is 2. The van der Waals surface area contributed by atoms with Crippen LogP contribution in [0.4, 0.5) is 8.78 Å². The number of hydrogen-bond acceptors (Lipinski definition) is 3. The lowest BCUT2D eigenvalue weighted by Crippen LogP contribution is -2.53. The summed E-state index contributed by atoms with van der Waals surface area (Å²) in [6, 6.07) is 2.37. The van der Waals surface area contributed by atoms with E-state index in [9.17, 15) is 23.2 Å². The number of halogens is 2. The molecule has 0 bridgehead atoms. The van der Waals surface area contributed by atoms with Crippen LogP contribution in [0.1, 0.15) is 45.1 Å². The van der Waals surface area contributed by atoms with Gasteiger partial charge in [-0.15, -0.1) is 0 Å². The highest BCUT2D eigenvalue weighted by Gasteiger charge is 2.49. The molecule has 0 unspecified atom stereocenters. The van der Waals surface area contributed by atoms with Crippen LogP contribution in [0, 0.1) is 17.6 Å². The number of carboxylic acids is 1. The molecule has 0 spiro atoms. The molecule has 27 heavy (non-hydrogen) atoms. The maximum Gasteiger partial charge on any atom is 0.326 e. The van der Waals surface area contributed by atoms with Crippen molar-refractivity contribution in [1.29, 1.82) is 0 Å². The molecular weight excluding hydrogens is 358 g/mol. The Kier molecular flexibility index (Phi) is 6.51. The summed E-state index contributed by atoms with van der Waals surface area (Å²) in [5.74, 6) is -3.99. The van der Waals surface area contributed by atoms with E-state index in [1.807, 2.05) is 13.8 Å². The van der Waals surface area contributed by atoms with E-state index in [1.54, 1.807) is 0 Å². The fourth-order valence-corrected chi connectivity index (χ4v) is 3.34. The Hall–Kier alpha value is -2.51. The number of carboxylic acid groups (broad SMARTS) is 1. The second kappa shape index (κ2) is 8.45. The fourth-order valence-electron chi connectivity index (χ4n) is 3.34. The first-order valence-corrected chi connectivity index (χ1v) is 8.92. The number of amides is 2. The van der Waals surface area contributed by atoms with Crippen LogP contribution in [0.5, 0.6) is 0 Å². The van der Waals surface area contributed by atoms with Gasteiger partial charge < -0.3 is 15.7 Å². The topological polar surface area (TPSA) is 95.5 Å². The van der Waals surface area contributed by atoms with Gasteiger partial charge in [0.25, 0.3) is 0 Å². The lowest BCUT2D eigenvalue weighted by atomic mass is 9.63. The molecule has 0 saturated heterocycles. The van der Waals surface area contributed by atoms with Gasteiger partial charge in [-0.3, -0.25) is 9.59 Å². The number of nitrogens with one attached hydrogen (secondary N) is 2.